The van der Waals surface area contributed by atoms with E-state index in [9.17, 15) is 15.0 Å². The van der Waals surface area contributed by atoms with Gasteiger partial charge in [-0.2, -0.15) is 0 Å². The van der Waals surface area contributed by atoms with Gasteiger partial charge in [-0.25, -0.2) is 4.79 Å². The molecule has 0 amide bonds. The van der Waals surface area contributed by atoms with Crippen molar-refractivity contribution in [3.05, 3.63) is 27.4 Å². The van der Waals surface area contributed by atoms with E-state index < -0.39 is 10.5 Å². The van der Waals surface area contributed by atoms with E-state index in [1.165, 1.54) is 12.1 Å². The van der Waals surface area contributed by atoms with E-state index in [1.807, 2.05) is 0 Å². The number of rotatable bonds is 1. The van der Waals surface area contributed by atoms with Gasteiger partial charge in [0.25, 0.3) is 0 Å². The molecule has 4 nitrogen and oxygen atoms in total. The van der Waals surface area contributed by atoms with Crippen LogP contribution >= 0.6 is 11.3 Å². The van der Waals surface area contributed by atoms with Crippen LogP contribution < -0.4 is 4.94 Å². The Hall–Kier alpha value is -1.33. The van der Waals surface area contributed by atoms with Crippen LogP contribution in [0.25, 0.3) is 10.3 Å². The van der Waals surface area contributed by atoms with Crippen molar-refractivity contribution in [1.29, 1.82) is 0 Å². The van der Waals surface area contributed by atoms with Crippen LogP contribution in [0.3, 0.4) is 0 Å². The molecule has 80 valence electrons. The Morgan fingerprint density at radius 1 is 1.40 bits per heavy atom. The molecule has 0 radical (unpaired) electrons. The number of benzene rings is 1. The topological polar surface area (TPSA) is 70.7 Å². The molecular weight excluding hydrogens is 216 g/mol. The maximum Gasteiger partial charge on any atom is 0.396 e. The average molecular weight is 226 g/mol. The van der Waals surface area contributed by atoms with Crippen molar-refractivity contribution in [3.63, 3.8) is 0 Å². The Bertz CT molecular complexity index is 559. The molecule has 2 rings (SSSR count). The lowest BCUT2D eigenvalue weighted by atomic mass is 9.97. The molecular formula is C10H10O4S. The Morgan fingerprint density at radius 2 is 2.07 bits per heavy atom. The van der Waals surface area contributed by atoms with Crippen molar-refractivity contribution in [2.75, 3.05) is 0 Å². The van der Waals surface area contributed by atoms with E-state index in [0.29, 0.717) is 15.8 Å². The zero-order valence-corrected chi connectivity index (χ0v) is 9.09. The highest BCUT2D eigenvalue weighted by Gasteiger charge is 2.22. The summed E-state index contributed by atoms with van der Waals surface area (Å²) in [6, 6.07) is 2.92. The van der Waals surface area contributed by atoms with Gasteiger partial charge in [-0.1, -0.05) is 11.3 Å². The summed E-state index contributed by atoms with van der Waals surface area (Å²) in [6.07, 6.45) is 0. The Kier molecular flexibility index (Phi) is 2.09. The van der Waals surface area contributed by atoms with Crippen molar-refractivity contribution in [2.24, 2.45) is 0 Å². The van der Waals surface area contributed by atoms with Crippen LogP contribution in [-0.2, 0) is 5.60 Å². The molecule has 1 aromatic carbocycles. The monoisotopic (exact) mass is 226 g/mol. The first-order chi connectivity index (χ1) is 6.88. The standard InChI is InChI=1S/C10H10O4S/c1-10(2,13)5-3-7-8(4-6(5)11)15-9(12)14-7/h3-4,11,13H,1-2H3. The van der Waals surface area contributed by atoms with Crippen molar-refractivity contribution >= 4 is 21.6 Å². The van der Waals surface area contributed by atoms with Crippen LogP contribution in [-0.4, -0.2) is 10.2 Å². The molecule has 5 heteroatoms. The zero-order chi connectivity index (χ0) is 11.2. The fourth-order valence-electron chi connectivity index (χ4n) is 1.40. The highest BCUT2D eigenvalue weighted by molar-refractivity contribution is 7.16. The van der Waals surface area contributed by atoms with E-state index in [0.717, 1.165) is 11.3 Å². The number of phenols is 1. The summed E-state index contributed by atoms with van der Waals surface area (Å²) < 4.78 is 5.47. The number of hydrogen-bond donors (Lipinski definition) is 2. The van der Waals surface area contributed by atoms with Gasteiger partial charge in [0.2, 0.25) is 0 Å². The first kappa shape index (κ1) is 10.2. The first-order valence-electron chi connectivity index (χ1n) is 4.37. The average Bonchev–Trinajstić information content (AvgIpc) is 2.40. The van der Waals surface area contributed by atoms with Gasteiger partial charge in [0.1, 0.15) is 11.3 Å². The fraction of sp³-hybridized carbons (Fsp3) is 0.300. The number of aromatic hydroxyl groups is 1. The lowest BCUT2D eigenvalue weighted by molar-refractivity contribution is 0.0759. The third-order valence-electron chi connectivity index (χ3n) is 2.11. The van der Waals surface area contributed by atoms with Gasteiger partial charge in [-0.05, 0) is 19.9 Å². The molecule has 0 spiro atoms. The van der Waals surface area contributed by atoms with Crippen LogP contribution in [0, 0.1) is 0 Å². The number of aliphatic hydroxyl groups is 1. The summed E-state index contributed by atoms with van der Waals surface area (Å²) in [6.45, 7) is 3.11. The lowest BCUT2D eigenvalue weighted by Crippen LogP contribution is -2.15. The Morgan fingerprint density at radius 3 is 2.67 bits per heavy atom. The molecule has 0 saturated heterocycles. The summed E-state index contributed by atoms with van der Waals surface area (Å²) in [5, 5.41) is 19.4. The minimum Gasteiger partial charge on any atom is -0.508 e. The number of fused-ring (bicyclic) bond motifs is 1. The molecule has 1 heterocycles. The van der Waals surface area contributed by atoms with Crippen LogP contribution in [0.4, 0.5) is 0 Å². The molecule has 0 aliphatic carbocycles. The summed E-state index contributed by atoms with van der Waals surface area (Å²) in [7, 11) is 0. The quantitative estimate of drug-likeness (QED) is 0.777. The van der Waals surface area contributed by atoms with Crippen molar-refractivity contribution < 1.29 is 14.6 Å². The number of hydrogen-bond acceptors (Lipinski definition) is 5. The van der Waals surface area contributed by atoms with Gasteiger partial charge in [-0.15, -0.1) is 0 Å². The summed E-state index contributed by atoms with van der Waals surface area (Å²) >= 11 is 0.922. The van der Waals surface area contributed by atoms with Crippen LogP contribution in [0.15, 0.2) is 21.3 Å². The minimum atomic E-state index is -1.17. The normalized spacial score (nSPS) is 12.2. The minimum absolute atomic E-state index is 0.0351. The number of phenolic OH excluding ortho intramolecular Hbond substituents is 1. The molecule has 0 fully saturated rings. The van der Waals surface area contributed by atoms with Gasteiger partial charge in [-0.3, -0.25) is 0 Å². The third-order valence-corrected chi connectivity index (χ3v) is 2.90. The van der Waals surface area contributed by atoms with Crippen LogP contribution in [0.2, 0.25) is 0 Å². The van der Waals surface area contributed by atoms with Gasteiger partial charge in [0.05, 0.1) is 10.3 Å². The van der Waals surface area contributed by atoms with Crippen LogP contribution in [0.1, 0.15) is 19.4 Å². The lowest BCUT2D eigenvalue weighted by Gasteiger charge is -2.18. The second kappa shape index (κ2) is 3.08. The molecule has 0 atom stereocenters. The first-order valence-corrected chi connectivity index (χ1v) is 5.19. The Balaban J connectivity index is 2.77. The second-order valence-electron chi connectivity index (χ2n) is 3.83. The van der Waals surface area contributed by atoms with E-state index in [4.69, 9.17) is 4.42 Å². The van der Waals surface area contributed by atoms with Crippen molar-refractivity contribution in [3.8, 4) is 5.75 Å². The fourth-order valence-corrected chi connectivity index (χ4v) is 2.08. The Labute approximate surface area is 89.4 Å². The molecule has 1 aromatic heterocycles. The van der Waals surface area contributed by atoms with Crippen molar-refractivity contribution in [2.45, 2.75) is 19.4 Å². The maximum atomic E-state index is 11.0. The predicted octanol–water partition coefficient (Wildman–Crippen LogP) is 1.79. The van der Waals surface area contributed by atoms with E-state index in [-0.39, 0.29) is 5.75 Å². The van der Waals surface area contributed by atoms with E-state index in [1.54, 1.807) is 13.8 Å². The molecule has 0 bridgehead atoms. The largest absolute Gasteiger partial charge is 0.508 e. The zero-order valence-electron chi connectivity index (χ0n) is 8.27. The van der Waals surface area contributed by atoms with Crippen LogP contribution in [0.5, 0.6) is 5.75 Å². The highest BCUT2D eigenvalue weighted by Crippen LogP contribution is 2.33. The SMILES string of the molecule is CC(C)(O)c1cc2oc(=O)sc2cc1O. The van der Waals surface area contributed by atoms with E-state index >= 15 is 0 Å². The second-order valence-corrected chi connectivity index (χ2v) is 4.81. The maximum absolute atomic E-state index is 11.0. The van der Waals surface area contributed by atoms with Crippen molar-refractivity contribution in [1.82, 2.24) is 0 Å². The van der Waals surface area contributed by atoms with Gasteiger partial charge in [0, 0.05) is 11.6 Å². The molecule has 2 N–H and O–H groups in total. The van der Waals surface area contributed by atoms with E-state index in [2.05, 4.69) is 0 Å². The smallest absolute Gasteiger partial charge is 0.396 e. The molecule has 0 aliphatic heterocycles. The molecule has 0 unspecified atom stereocenters. The van der Waals surface area contributed by atoms with Gasteiger partial charge >= 0.3 is 4.94 Å². The summed E-state index contributed by atoms with van der Waals surface area (Å²) in [5.74, 6) is -0.0351. The van der Waals surface area contributed by atoms with Gasteiger partial charge < -0.3 is 14.6 Å². The molecule has 2 aromatic rings. The molecule has 0 saturated carbocycles. The predicted molar refractivity (Wildman–Crippen MR) is 57.3 cm³/mol. The molecule has 0 aliphatic rings. The summed E-state index contributed by atoms with van der Waals surface area (Å²) in [4.78, 5) is 10.5. The molecule has 15 heavy (non-hydrogen) atoms. The highest BCUT2D eigenvalue weighted by atomic mass is 32.1. The third kappa shape index (κ3) is 1.75. The van der Waals surface area contributed by atoms with Gasteiger partial charge in [0.15, 0.2) is 0 Å². The summed E-state index contributed by atoms with van der Waals surface area (Å²) in [5.41, 5.74) is -0.435.